The second-order valence-corrected chi connectivity index (χ2v) is 6.51. The molecule has 5 nitrogen and oxygen atoms in total. The lowest BCUT2D eigenvalue weighted by Crippen LogP contribution is -2.17. The minimum atomic E-state index is -0.109. The molecule has 0 aliphatic heterocycles. The van der Waals surface area contributed by atoms with Crippen molar-refractivity contribution >= 4 is 21.7 Å². The van der Waals surface area contributed by atoms with Crippen LogP contribution in [0.1, 0.15) is 26.7 Å². The van der Waals surface area contributed by atoms with Crippen LogP contribution in [0.3, 0.4) is 0 Å². The number of hydrogen-bond donors (Lipinski definition) is 1. The van der Waals surface area contributed by atoms with E-state index in [-0.39, 0.29) is 11.3 Å². The first-order chi connectivity index (χ1) is 11.5. The number of nitrogens with zero attached hydrogens (tertiary/aromatic N) is 2. The number of aromatic nitrogens is 2. The summed E-state index contributed by atoms with van der Waals surface area (Å²) in [4.78, 5) is 16.5. The van der Waals surface area contributed by atoms with Crippen molar-refractivity contribution in [3.8, 4) is 11.5 Å². The van der Waals surface area contributed by atoms with Crippen molar-refractivity contribution in [3.63, 3.8) is 0 Å². The summed E-state index contributed by atoms with van der Waals surface area (Å²) in [6, 6.07) is 5.19. The SMILES string of the molecule is CC(C)CCCOc1cc2c(cc1O)c1ccncc1c(=O)n2C. The van der Waals surface area contributed by atoms with Crippen molar-refractivity contribution in [2.75, 3.05) is 6.61 Å². The molecule has 5 heteroatoms. The Bertz CT molecular complexity index is 945. The molecule has 0 radical (unpaired) electrons. The minimum Gasteiger partial charge on any atom is -0.504 e. The Balaban J connectivity index is 2.06. The van der Waals surface area contributed by atoms with Crippen molar-refractivity contribution in [2.45, 2.75) is 26.7 Å². The van der Waals surface area contributed by atoms with Crippen molar-refractivity contribution in [3.05, 3.63) is 40.9 Å². The molecule has 2 heterocycles. The van der Waals surface area contributed by atoms with Gasteiger partial charge in [0, 0.05) is 30.9 Å². The Morgan fingerprint density at radius 1 is 1.25 bits per heavy atom. The van der Waals surface area contributed by atoms with Crippen LogP contribution in [-0.4, -0.2) is 21.3 Å². The number of pyridine rings is 2. The lowest BCUT2D eigenvalue weighted by Gasteiger charge is -2.13. The van der Waals surface area contributed by atoms with Crippen molar-refractivity contribution < 1.29 is 9.84 Å². The fourth-order valence-electron chi connectivity index (χ4n) is 2.93. The Labute approximate surface area is 140 Å². The maximum Gasteiger partial charge on any atom is 0.260 e. The van der Waals surface area contributed by atoms with E-state index in [4.69, 9.17) is 4.74 Å². The quantitative estimate of drug-likeness (QED) is 0.575. The second-order valence-electron chi connectivity index (χ2n) is 6.51. The third kappa shape index (κ3) is 2.94. The molecule has 0 amide bonds. The lowest BCUT2D eigenvalue weighted by atomic mass is 10.1. The van der Waals surface area contributed by atoms with E-state index in [1.165, 1.54) is 0 Å². The summed E-state index contributed by atoms with van der Waals surface area (Å²) < 4.78 is 7.29. The summed E-state index contributed by atoms with van der Waals surface area (Å²) >= 11 is 0. The molecule has 0 saturated carbocycles. The molecule has 0 saturated heterocycles. The summed E-state index contributed by atoms with van der Waals surface area (Å²) in [5.41, 5.74) is 0.623. The molecule has 0 aliphatic carbocycles. The number of phenolic OH excluding ortho intramolecular Hbond substituents is 1. The van der Waals surface area contributed by atoms with E-state index in [2.05, 4.69) is 18.8 Å². The first-order valence-electron chi connectivity index (χ1n) is 8.21. The predicted molar refractivity (Wildman–Crippen MR) is 95.7 cm³/mol. The second kappa shape index (κ2) is 6.51. The van der Waals surface area contributed by atoms with Crippen LogP contribution in [0, 0.1) is 5.92 Å². The summed E-state index contributed by atoms with van der Waals surface area (Å²) in [6.07, 6.45) is 5.21. The van der Waals surface area contributed by atoms with E-state index in [1.807, 2.05) is 0 Å². The zero-order valence-electron chi connectivity index (χ0n) is 14.2. The number of ether oxygens (including phenoxy) is 1. The third-order valence-electron chi connectivity index (χ3n) is 4.27. The highest BCUT2D eigenvalue weighted by atomic mass is 16.5. The highest BCUT2D eigenvalue weighted by Gasteiger charge is 2.13. The molecule has 0 spiro atoms. The number of phenols is 1. The van der Waals surface area contributed by atoms with E-state index in [1.54, 1.807) is 42.2 Å². The molecule has 24 heavy (non-hydrogen) atoms. The molecule has 1 aromatic carbocycles. The predicted octanol–water partition coefficient (Wildman–Crippen LogP) is 3.61. The fourth-order valence-corrected chi connectivity index (χ4v) is 2.93. The average Bonchev–Trinajstić information content (AvgIpc) is 2.57. The van der Waals surface area contributed by atoms with Gasteiger partial charge in [-0.2, -0.15) is 0 Å². The van der Waals surface area contributed by atoms with Crippen LogP contribution in [0.4, 0.5) is 0 Å². The molecule has 3 aromatic rings. The van der Waals surface area contributed by atoms with Crippen molar-refractivity contribution in [1.29, 1.82) is 0 Å². The van der Waals surface area contributed by atoms with Crippen LogP contribution in [0.15, 0.2) is 35.4 Å². The first-order valence-corrected chi connectivity index (χ1v) is 8.21. The molecular formula is C19H22N2O3. The Morgan fingerprint density at radius 3 is 2.79 bits per heavy atom. The van der Waals surface area contributed by atoms with Gasteiger partial charge in [-0.05, 0) is 36.3 Å². The van der Waals surface area contributed by atoms with Crippen molar-refractivity contribution in [2.24, 2.45) is 13.0 Å². The summed E-state index contributed by atoms with van der Waals surface area (Å²) in [6.45, 7) is 4.88. The number of fused-ring (bicyclic) bond motifs is 3. The highest BCUT2D eigenvalue weighted by molar-refractivity contribution is 6.06. The molecule has 1 N–H and O–H groups in total. The van der Waals surface area contributed by atoms with Crippen LogP contribution in [-0.2, 0) is 7.05 Å². The molecular weight excluding hydrogens is 304 g/mol. The zero-order valence-corrected chi connectivity index (χ0v) is 14.2. The zero-order chi connectivity index (χ0) is 17.3. The van der Waals surface area contributed by atoms with Gasteiger partial charge in [0.25, 0.3) is 5.56 Å². The lowest BCUT2D eigenvalue weighted by molar-refractivity contribution is 0.284. The Hall–Kier alpha value is -2.56. The summed E-state index contributed by atoms with van der Waals surface area (Å²) in [7, 11) is 1.72. The van der Waals surface area contributed by atoms with Crippen molar-refractivity contribution in [1.82, 2.24) is 9.55 Å². The van der Waals surface area contributed by atoms with Gasteiger partial charge in [0.05, 0.1) is 17.5 Å². The normalized spacial score (nSPS) is 11.5. The van der Waals surface area contributed by atoms with E-state index in [9.17, 15) is 9.90 Å². The smallest absolute Gasteiger partial charge is 0.260 e. The van der Waals surface area contributed by atoms with Gasteiger partial charge >= 0.3 is 0 Å². The molecule has 0 bridgehead atoms. The van der Waals surface area contributed by atoms with Crippen LogP contribution in [0.5, 0.6) is 11.5 Å². The molecule has 2 aromatic heterocycles. The van der Waals surface area contributed by atoms with E-state index in [0.717, 1.165) is 29.1 Å². The van der Waals surface area contributed by atoms with Crippen LogP contribution >= 0.6 is 0 Å². The molecule has 0 atom stereocenters. The van der Waals surface area contributed by atoms with Crippen LogP contribution in [0.2, 0.25) is 0 Å². The Morgan fingerprint density at radius 2 is 2.04 bits per heavy atom. The van der Waals surface area contributed by atoms with Gasteiger partial charge in [-0.3, -0.25) is 9.78 Å². The standard InChI is InChI=1S/C19H22N2O3/c1-12(2)5-4-8-24-18-10-16-14(9-17(18)22)13-6-7-20-11-15(13)19(23)21(16)3/h6-7,9-12,22H,4-5,8H2,1-3H3. The number of aryl methyl sites for hydroxylation is 1. The minimum absolute atomic E-state index is 0.0869. The van der Waals surface area contributed by atoms with Crippen LogP contribution < -0.4 is 10.3 Å². The van der Waals surface area contributed by atoms with Gasteiger partial charge in [-0.15, -0.1) is 0 Å². The first kappa shape index (κ1) is 16.3. The van der Waals surface area contributed by atoms with Gasteiger partial charge in [0.2, 0.25) is 0 Å². The fraction of sp³-hybridized carbons (Fsp3) is 0.368. The summed E-state index contributed by atoms with van der Waals surface area (Å²) in [5.74, 6) is 1.12. The molecule has 0 fully saturated rings. The van der Waals surface area contributed by atoms with E-state index >= 15 is 0 Å². The Kier molecular flexibility index (Phi) is 4.42. The van der Waals surface area contributed by atoms with Crippen LogP contribution in [0.25, 0.3) is 21.7 Å². The van der Waals surface area contributed by atoms with Gasteiger partial charge < -0.3 is 14.4 Å². The third-order valence-corrected chi connectivity index (χ3v) is 4.27. The monoisotopic (exact) mass is 326 g/mol. The maximum atomic E-state index is 12.5. The maximum absolute atomic E-state index is 12.5. The van der Waals surface area contributed by atoms with Gasteiger partial charge in [0.1, 0.15) is 0 Å². The van der Waals surface area contributed by atoms with E-state index < -0.39 is 0 Å². The molecule has 0 unspecified atom stereocenters. The number of hydrogen-bond acceptors (Lipinski definition) is 4. The largest absolute Gasteiger partial charge is 0.504 e. The molecule has 126 valence electrons. The van der Waals surface area contributed by atoms with E-state index in [0.29, 0.717) is 23.7 Å². The van der Waals surface area contributed by atoms with Gasteiger partial charge in [-0.25, -0.2) is 0 Å². The molecule has 0 aliphatic rings. The number of rotatable bonds is 5. The topological polar surface area (TPSA) is 64.3 Å². The number of aromatic hydroxyl groups is 1. The van der Waals surface area contributed by atoms with Gasteiger partial charge in [0.15, 0.2) is 11.5 Å². The highest BCUT2D eigenvalue weighted by Crippen LogP contribution is 2.33. The van der Waals surface area contributed by atoms with Gasteiger partial charge in [-0.1, -0.05) is 13.8 Å². The average molecular weight is 326 g/mol. The molecule has 3 rings (SSSR count). The number of benzene rings is 1. The summed E-state index contributed by atoms with van der Waals surface area (Å²) in [5, 5.41) is 12.4.